The molecule has 1 aliphatic heterocycles. The average Bonchev–Trinajstić information content (AvgIpc) is 2.64. The third-order valence-electron chi connectivity index (χ3n) is 4.66. The Balaban J connectivity index is 1.76. The second-order valence-corrected chi connectivity index (χ2v) is 9.40. The molecule has 1 heterocycles. The van der Waals surface area contributed by atoms with Crippen LogP contribution < -0.4 is 5.73 Å². The molecule has 0 saturated heterocycles. The van der Waals surface area contributed by atoms with Crippen molar-refractivity contribution in [2.75, 3.05) is 0 Å². The maximum Gasteiger partial charge on any atom is 0.160 e. The van der Waals surface area contributed by atoms with Crippen molar-refractivity contribution in [3.63, 3.8) is 0 Å². The summed E-state index contributed by atoms with van der Waals surface area (Å²) in [6.07, 6.45) is 5.54. The summed E-state index contributed by atoms with van der Waals surface area (Å²) in [6, 6.07) is 17.0. The Labute approximate surface area is 174 Å². The number of thioether (sulfide) groups is 1. The van der Waals surface area contributed by atoms with E-state index < -0.39 is 0 Å². The van der Waals surface area contributed by atoms with Gasteiger partial charge in [0.25, 0.3) is 0 Å². The van der Waals surface area contributed by atoms with Crippen LogP contribution in [0.4, 0.5) is 0 Å². The van der Waals surface area contributed by atoms with Crippen LogP contribution in [0.3, 0.4) is 0 Å². The molecule has 0 aromatic heterocycles. The van der Waals surface area contributed by atoms with E-state index in [1.807, 2.05) is 0 Å². The molecular formula is C21H18Br2N2S. The number of rotatable bonds is 2. The van der Waals surface area contributed by atoms with Crippen LogP contribution >= 0.6 is 43.6 Å². The van der Waals surface area contributed by atoms with Gasteiger partial charge in [-0.3, -0.25) is 0 Å². The van der Waals surface area contributed by atoms with E-state index in [4.69, 9.17) is 10.7 Å². The van der Waals surface area contributed by atoms with Crippen molar-refractivity contribution < 1.29 is 0 Å². The number of halogens is 2. The molecule has 0 unspecified atom stereocenters. The van der Waals surface area contributed by atoms with Gasteiger partial charge in [-0.25, -0.2) is 4.99 Å². The molecule has 1 aliphatic carbocycles. The second kappa shape index (κ2) is 7.75. The molecule has 0 bridgehead atoms. The van der Waals surface area contributed by atoms with Gasteiger partial charge >= 0.3 is 0 Å². The fourth-order valence-electron chi connectivity index (χ4n) is 3.45. The Morgan fingerprint density at radius 2 is 1.62 bits per heavy atom. The largest absolute Gasteiger partial charge is 0.378 e. The zero-order valence-electron chi connectivity index (χ0n) is 14.1. The van der Waals surface area contributed by atoms with Gasteiger partial charge in [0, 0.05) is 8.95 Å². The van der Waals surface area contributed by atoms with Gasteiger partial charge in [0.15, 0.2) is 5.17 Å². The van der Waals surface area contributed by atoms with Crippen LogP contribution in [0, 0.1) is 0 Å². The predicted molar refractivity (Wildman–Crippen MR) is 119 cm³/mol. The number of nitrogens with zero attached hydrogens (tertiary/aromatic N) is 1. The molecule has 0 fully saturated rings. The van der Waals surface area contributed by atoms with Gasteiger partial charge in [-0.05, 0) is 71.9 Å². The molecule has 0 saturated carbocycles. The summed E-state index contributed by atoms with van der Waals surface area (Å²) in [4.78, 5) is 4.74. The normalized spacial score (nSPS) is 21.5. The van der Waals surface area contributed by atoms with Crippen molar-refractivity contribution in [1.82, 2.24) is 0 Å². The lowest BCUT2D eigenvalue weighted by Gasteiger charge is -2.30. The van der Waals surface area contributed by atoms with Crippen LogP contribution in [0.15, 0.2) is 79.3 Å². The van der Waals surface area contributed by atoms with Crippen molar-refractivity contribution in [3.05, 3.63) is 85.4 Å². The van der Waals surface area contributed by atoms with E-state index in [1.54, 1.807) is 11.8 Å². The number of hydrogen-bond donors (Lipinski definition) is 1. The highest BCUT2D eigenvalue weighted by atomic mass is 79.9. The van der Waals surface area contributed by atoms with E-state index >= 15 is 0 Å². The van der Waals surface area contributed by atoms with E-state index in [-0.39, 0.29) is 5.25 Å². The first kappa shape index (κ1) is 18.1. The molecule has 26 heavy (non-hydrogen) atoms. The maximum atomic E-state index is 6.21. The van der Waals surface area contributed by atoms with E-state index in [0.717, 1.165) is 33.9 Å². The molecule has 0 radical (unpaired) electrons. The van der Waals surface area contributed by atoms with Crippen LogP contribution in [0.25, 0.3) is 6.08 Å². The minimum atomic E-state index is 0.254. The van der Waals surface area contributed by atoms with Gasteiger partial charge in [-0.2, -0.15) is 0 Å². The van der Waals surface area contributed by atoms with Crippen LogP contribution in [0.2, 0.25) is 0 Å². The minimum absolute atomic E-state index is 0.254. The van der Waals surface area contributed by atoms with Crippen LogP contribution in [-0.4, -0.2) is 5.17 Å². The number of allylic oxidation sites excluding steroid dienone is 1. The zero-order valence-corrected chi connectivity index (χ0v) is 18.1. The Kier molecular flexibility index (Phi) is 5.39. The van der Waals surface area contributed by atoms with Crippen molar-refractivity contribution in [2.24, 2.45) is 10.7 Å². The highest BCUT2D eigenvalue weighted by Crippen LogP contribution is 2.48. The molecule has 132 valence electrons. The van der Waals surface area contributed by atoms with E-state index in [1.165, 1.54) is 22.3 Å². The van der Waals surface area contributed by atoms with Gasteiger partial charge in [0.2, 0.25) is 0 Å². The topological polar surface area (TPSA) is 38.4 Å². The van der Waals surface area contributed by atoms with E-state index in [0.29, 0.717) is 5.17 Å². The quantitative estimate of drug-likeness (QED) is 0.501. The molecule has 0 amide bonds. The third-order valence-corrected chi connectivity index (χ3v) is 6.84. The second-order valence-electron chi connectivity index (χ2n) is 6.45. The van der Waals surface area contributed by atoms with Crippen LogP contribution in [-0.2, 0) is 0 Å². The van der Waals surface area contributed by atoms with Crippen molar-refractivity contribution in [2.45, 2.75) is 24.5 Å². The first-order valence-electron chi connectivity index (χ1n) is 8.56. The lowest BCUT2D eigenvalue weighted by molar-refractivity contribution is 0.736. The Bertz CT molecular complexity index is 912. The average molecular weight is 490 g/mol. The zero-order chi connectivity index (χ0) is 18.1. The molecule has 2 nitrogen and oxygen atoms in total. The highest BCUT2D eigenvalue weighted by molar-refractivity contribution is 9.10. The summed E-state index contributed by atoms with van der Waals surface area (Å²) < 4.78 is 2.19. The third kappa shape index (κ3) is 3.85. The summed E-state index contributed by atoms with van der Waals surface area (Å²) in [7, 11) is 0. The maximum absolute atomic E-state index is 6.21. The fraction of sp³-hybridized carbons (Fsp3) is 0.190. The SMILES string of the molecule is NC1=NC2=C(CCC/C2=C\c2ccc(Br)cc2)[C@H](c2ccc(Br)cc2)S1. The molecule has 2 aromatic carbocycles. The lowest BCUT2D eigenvalue weighted by atomic mass is 9.87. The van der Waals surface area contributed by atoms with Crippen molar-refractivity contribution in [1.29, 1.82) is 0 Å². The smallest absolute Gasteiger partial charge is 0.160 e. The first-order chi connectivity index (χ1) is 12.6. The van der Waals surface area contributed by atoms with Crippen molar-refractivity contribution >= 4 is 54.9 Å². The van der Waals surface area contributed by atoms with Crippen LogP contribution in [0.1, 0.15) is 35.6 Å². The molecule has 2 aromatic rings. The molecule has 2 N–H and O–H groups in total. The number of aliphatic imine (C=N–C) groups is 1. The highest BCUT2D eigenvalue weighted by Gasteiger charge is 2.30. The van der Waals surface area contributed by atoms with Gasteiger partial charge in [-0.1, -0.05) is 67.9 Å². The lowest BCUT2D eigenvalue weighted by Crippen LogP contribution is -2.19. The minimum Gasteiger partial charge on any atom is -0.378 e. The number of amidine groups is 1. The van der Waals surface area contributed by atoms with Gasteiger partial charge in [-0.15, -0.1) is 0 Å². The summed E-state index contributed by atoms with van der Waals surface area (Å²) in [5, 5.41) is 0.907. The van der Waals surface area contributed by atoms with E-state index in [2.05, 4.69) is 86.5 Å². The Hall–Kier alpha value is -1.30. The van der Waals surface area contributed by atoms with E-state index in [9.17, 15) is 0 Å². The molecule has 4 rings (SSSR count). The van der Waals surface area contributed by atoms with Gasteiger partial charge in [0.05, 0.1) is 10.9 Å². The monoisotopic (exact) mass is 488 g/mol. The van der Waals surface area contributed by atoms with Crippen LogP contribution in [0.5, 0.6) is 0 Å². The Morgan fingerprint density at radius 3 is 2.31 bits per heavy atom. The fourth-order valence-corrected chi connectivity index (χ4v) is 5.03. The molecule has 0 spiro atoms. The summed E-state index contributed by atoms with van der Waals surface area (Å²) in [5.74, 6) is 0. The van der Waals surface area contributed by atoms with Crippen molar-refractivity contribution in [3.8, 4) is 0 Å². The van der Waals surface area contributed by atoms with Gasteiger partial charge in [0.1, 0.15) is 0 Å². The van der Waals surface area contributed by atoms with Gasteiger partial charge < -0.3 is 5.73 Å². The summed E-state index contributed by atoms with van der Waals surface area (Å²) in [5.41, 5.74) is 12.5. The number of nitrogens with two attached hydrogens (primary N) is 1. The standard InChI is InChI=1S/C21H18Br2N2S/c22-16-8-4-13(5-9-16)12-15-2-1-3-18-19(15)25-21(24)26-20(18)14-6-10-17(23)11-7-14/h4-12,20H,1-3H2,(H2,24,25)/b15-12+/t20-/m0/s1. The number of hydrogen-bond acceptors (Lipinski definition) is 3. The molecule has 2 aliphatic rings. The molecule has 5 heteroatoms. The Morgan fingerprint density at radius 1 is 0.962 bits per heavy atom. The molecular weight excluding hydrogens is 472 g/mol. The first-order valence-corrected chi connectivity index (χ1v) is 11.0. The molecule has 1 atom stereocenters. The summed E-state index contributed by atoms with van der Waals surface area (Å²) >= 11 is 8.68. The number of benzene rings is 2. The summed E-state index contributed by atoms with van der Waals surface area (Å²) in [6.45, 7) is 0. The predicted octanol–water partition coefficient (Wildman–Crippen LogP) is 6.84.